The van der Waals surface area contributed by atoms with Gasteiger partial charge in [0.25, 0.3) is 0 Å². The van der Waals surface area contributed by atoms with Crippen LogP contribution in [-0.4, -0.2) is 42.2 Å². The van der Waals surface area contributed by atoms with Crippen molar-refractivity contribution in [3.8, 4) is 0 Å². The van der Waals surface area contributed by atoms with E-state index < -0.39 is 0 Å². The van der Waals surface area contributed by atoms with E-state index in [4.69, 9.17) is 4.74 Å². The Kier molecular flexibility index (Phi) is 5.51. The predicted octanol–water partition coefficient (Wildman–Crippen LogP) is 3.73. The number of fused-ring (bicyclic) bond motifs is 1. The molecule has 3 aliphatic rings. The zero-order chi connectivity index (χ0) is 16.2. The van der Waals surface area contributed by atoms with Gasteiger partial charge in [-0.05, 0) is 31.2 Å². The number of benzene rings is 1. The van der Waals surface area contributed by atoms with E-state index in [0.717, 1.165) is 25.2 Å². The van der Waals surface area contributed by atoms with Crippen LogP contribution in [-0.2, 0) is 11.3 Å². The van der Waals surface area contributed by atoms with E-state index in [2.05, 4.69) is 40.5 Å². The molecule has 1 saturated heterocycles. The molecule has 4 atom stereocenters. The normalized spacial score (nSPS) is 34.7. The topological polar surface area (TPSA) is 24.5 Å². The number of nitrogens with one attached hydrogen (secondary N) is 1. The van der Waals surface area contributed by atoms with Crippen LogP contribution in [0.1, 0.15) is 56.9 Å². The van der Waals surface area contributed by atoms with Crippen LogP contribution in [0.3, 0.4) is 0 Å². The molecule has 132 valence electrons. The molecule has 4 rings (SSSR count). The molecule has 1 heterocycles. The Hall–Kier alpha value is -0.900. The third kappa shape index (κ3) is 3.68. The van der Waals surface area contributed by atoms with Gasteiger partial charge in [0, 0.05) is 31.2 Å². The standard InChI is InChI=1S/C21H32N2O/c1-2-8-17(9-3-1)16-24-21-13-7-6-12-20(21)23-15-14-22-18-10-4-5-11-19(18)23/h1-3,8-9,18-22H,4-7,10-16H2/t18-,19+,20+,21-/m1/s1. The predicted molar refractivity (Wildman–Crippen MR) is 98.0 cm³/mol. The van der Waals surface area contributed by atoms with E-state index in [9.17, 15) is 0 Å². The summed E-state index contributed by atoms with van der Waals surface area (Å²) in [6.07, 6.45) is 11.2. The van der Waals surface area contributed by atoms with Crippen molar-refractivity contribution in [1.82, 2.24) is 10.2 Å². The molecular formula is C21H32N2O. The Labute approximate surface area is 146 Å². The fourth-order valence-corrected chi connectivity index (χ4v) is 5.13. The first kappa shape index (κ1) is 16.6. The smallest absolute Gasteiger partial charge is 0.0734 e. The number of hydrogen-bond acceptors (Lipinski definition) is 3. The maximum atomic E-state index is 6.45. The Balaban J connectivity index is 1.43. The molecule has 0 radical (unpaired) electrons. The SMILES string of the molecule is c1ccc(CO[C@@H]2CCCC[C@@H]2N2CCN[C@@H]3CCCC[C@@H]32)cc1. The second kappa shape index (κ2) is 7.99. The maximum absolute atomic E-state index is 6.45. The highest BCUT2D eigenvalue weighted by Gasteiger charge is 2.40. The second-order valence-corrected chi connectivity index (χ2v) is 7.84. The number of rotatable bonds is 4. The van der Waals surface area contributed by atoms with Crippen LogP contribution < -0.4 is 5.32 Å². The van der Waals surface area contributed by atoms with Crippen LogP contribution in [0, 0.1) is 0 Å². The lowest BCUT2D eigenvalue weighted by atomic mass is 9.83. The van der Waals surface area contributed by atoms with E-state index in [1.807, 2.05) is 0 Å². The lowest BCUT2D eigenvalue weighted by molar-refractivity contribution is -0.0722. The average Bonchev–Trinajstić information content (AvgIpc) is 2.67. The molecule has 3 heteroatoms. The fraction of sp³-hybridized carbons (Fsp3) is 0.714. The lowest BCUT2D eigenvalue weighted by Crippen LogP contribution is -2.64. The quantitative estimate of drug-likeness (QED) is 0.911. The Bertz CT molecular complexity index is 504. The molecule has 0 unspecified atom stereocenters. The number of ether oxygens (including phenoxy) is 1. The van der Waals surface area contributed by atoms with E-state index in [-0.39, 0.29) is 0 Å². The Morgan fingerprint density at radius 3 is 2.54 bits per heavy atom. The minimum atomic E-state index is 0.416. The van der Waals surface area contributed by atoms with E-state index >= 15 is 0 Å². The van der Waals surface area contributed by atoms with Gasteiger partial charge in [-0.3, -0.25) is 4.90 Å². The first-order chi connectivity index (χ1) is 11.9. The summed E-state index contributed by atoms with van der Waals surface area (Å²) in [6, 6.07) is 12.8. The molecule has 1 aromatic carbocycles. The third-order valence-corrected chi connectivity index (χ3v) is 6.33. The summed E-state index contributed by atoms with van der Waals surface area (Å²) in [5, 5.41) is 3.78. The molecular weight excluding hydrogens is 296 g/mol. The molecule has 0 amide bonds. The maximum Gasteiger partial charge on any atom is 0.0734 e. The van der Waals surface area contributed by atoms with Gasteiger partial charge in [-0.25, -0.2) is 0 Å². The summed E-state index contributed by atoms with van der Waals surface area (Å²) in [6.45, 7) is 3.13. The van der Waals surface area contributed by atoms with Crippen molar-refractivity contribution >= 4 is 0 Å². The molecule has 2 saturated carbocycles. The van der Waals surface area contributed by atoms with Crippen LogP contribution >= 0.6 is 0 Å². The molecule has 1 N–H and O–H groups in total. The summed E-state index contributed by atoms with van der Waals surface area (Å²) in [5.74, 6) is 0. The molecule has 2 aliphatic carbocycles. The van der Waals surface area contributed by atoms with Gasteiger partial charge in [-0.2, -0.15) is 0 Å². The monoisotopic (exact) mass is 328 g/mol. The molecule has 0 bridgehead atoms. The molecule has 0 spiro atoms. The van der Waals surface area contributed by atoms with Gasteiger partial charge in [0.05, 0.1) is 12.7 Å². The zero-order valence-corrected chi connectivity index (χ0v) is 14.8. The Morgan fingerprint density at radius 1 is 0.917 bits per heavy atom. The minimum Gasteiger partial charge on any atom is -0.372 e. The van der Waals surface area contributed by atoms with Crippen molar-refractivity contribution in [1.29, 1.82) is 0 Å². The van der Waals surface area contributed by atoms with Gasteiger partial charge in [0.1, 0.15) is 0 Å². The lowest BCUT2D eigenvalue weighted by Gasteiger charge is -2.50. The van der Waals surface area contributed by atoms with Gasteiger partial charge >= 0.3 is 0 Å². The first-order valence-electron chi connectivity index (χ1n) is 10.1. The van der Waals surface area contributed by atoms with Gasteiger partial charge in [-0.15, -0.1) is 0 Å². The van der Waals surface area contributed by atoms with Gasteiger partial charge in [0.2, 0.25) is 0 Å². The number of piperazine rings is 1. The summed E-state index contributed by atoms with van der Waals surface area (Å²) in [4.78, 5) is 2.84. The van der Waals surface area contributed by atoms with Crippen LogP contribution in [0.4, 0.5) is 0 Å². The molecule has 3 fully saturated rings. The summed E-state index contributed by atoms with van der Waals surface area (Å²) in [5.41, 5.74) is 1.30. The average molecular weight is 329 g/mol. The zero-order valence-electron chi connectivity index (χ0n) is 14.8. The van der Waals surface area contributed by atoms with Crippen LogP contribution in [0.5, 0.6) is 0 Å². The summed E-state index contributed by atoms with van der Waals surface area (Å²) in [7, 11) is 0. The van der Waals surface area contributed by atoms with Gasteiger partial charge in [-0.1, -0.05) is 56.0 Å². The Morgan fingerprint density at radius 2 is 1.67 bits per heavy atom. The third-order valence-electron chi connectivity index (χ3n) is 6.33. The molecule has 24 heavy (non-hydrogen) atoms. The fourth-order valence-electron chi connectivity index (χ4n) is 5.13. The number of hydrogen-bond donors (Lipinski definition) is 1. The van der Waals surface area contributed by atoms with Crippen molar-refractivity contribution in [2.75, 3.05) is 13.1 Å². The largest absolute Gasteiger partial charge is 0.372 e. The van der Waals surface area contributed by atoms with Gasteiger partial charge in [0.15, 0.2) is 0 Å². The van der Waals surface area contributed by atoms with Crippen molar-refractivity contribution in [3.05, 3.63) is 35.9 Å². The molecule has 0 aromatic heterocycles. The van der Waals surface area contributed by atoms with E-state index in [1.165, 1.54) is 63.5 Å². The molecule has 3 nitrogen and oxygen atoms in total. The highest BCUT2D eigenvalue weighted by atomic mass is 16.5. The second-order valence-electron chi connectivity index (χ2n) is 7.84. The first-order valence-corrected chi connectivity index (χ1v) is 10.1. The summed E-state index contributed by atoms with van der Waals surface area (Å²) >= 11 is 0. The van der Waals surface area contributed by atoms with E-state index in [1.54, 1.807) is 0 Å². The van der Waals surface area contributed by atoms with Crippen molar-refractivity contribution in [2.24, 2.45) is 0 Å². The molecule has 1 aliphatic heterocycles. The van der Waals surface area contributed by atoms with Crippen molar-refractivity contribution in [2.45, 2.75) is 82.2 Å². The van der Waals surface area contributed by atoms with Gasteiger partial charge < -0.3 is 10.1 Å². The van der Waals surface area contributed by atoms with Crippen LogP contribution in [0.25, 0.3) is 0 Å². The molecule has 1 aromatic rings. The number of nitrogens with zero attached hydrogens (tertiary/aromatic N) is 1. The van der Waals surface area contributed by atoms with Crippen molar-refractivity contribution in [3.63, 3.8) is 0 Å². The minimum absolute atomic E-state index is 0.416. The van der Waals surface area contributed by atoms with E-state index in [0.29, 0.717) is 12.1 Å². The van der Waals surface area contributed by atoms with Crippen LogP contribution in [0.2, 0.25) is 0 Å². The van der Waals surface area contributed by atoms with Crippen molar-refractivity contribution < 1.29 is 4.74 Å². The highest BCUT2D eigenvalue weighted by molar-refractivity contribution is 5.13. The van der Waals surface area contributed by atoms with Crippen LogP contribution in [0.15, 0.2) is 30.3 Å². The highest BCUT2D eigenvalue weighted by Crippen LogP contribution is 2.33. The summed E-state index contributed by atoms with van der Waals surface area (Å²) < 4.78 is 6.45.